The first kappa shape index (κ1) is 34.0. The fourth-order valence-corrected chi connectivity index (χ4v) is 8.40. The van der Waals surface area contributed by atoms with Crippen LogP contribution in [0, 0.1) is 27.7 Å². The Bertz CT molecular complexity index is 2500. The number of aryl methyl sites for hydroxylation is 6. The number of aromatic nitrogens is 7. The van der Waals surface area contributed by atoms with Crippen LogP contribution in [0.15, 0.2) is 61.1 Å². The monoisotopic (exact) mass is 734 g/mol. The van der Waals surface area contributed by atoms with E-state index in [0.717, 1.165) is 83.0 Å². The van der Waals surface area contributed by atoms with E-state index in [1.165, 1.54) is 6.33 Å². The van der Waals surface area contributed by atoms with Crippen molar-refractivity contribution in [2.24, 2.45) is 14.1 Å². The Kier molecular flexibility index (Phi) is 8.42. The highest BCUT2D eigenvalue weighted by Gasteiger charge is 2.42. The molecular formula is C40H40Cl2N8O2. The maximum Gasteiger partial charge on any atom is 0.276 e. The Hall–Kier alpha value is -5.06. The van der Waals surface area contributed by atoms with Crippen LogP contribution < -0.4 is 9.64 Å². The predicted molar refractivity (Wildman–Crippen MR) is 208 cm³/mol. The number of nitrogens with zero attached hydrogens (tertiary/aromatic N) is 7. The maximum absolute atomic E-state index is 15.2. The molecular weight excluding hydrogens is 695 g/mol. The molecule has 1 aliphatic rings. The van der Waals surface area contributed by atoms with Gasteiger partial charge in [0, 0.05) is 64.0 Å². The highest BCUT2D eigenvalue weighted by molar-refractivity contribution is 6.32. The summed E-state index contributed by atoms with van der Waals surface area (Å²) in [6, 6.07) is 16.1. The number of para-hydroxylation sites is 1. The van der Waals surface area contributed by atoms with Crippen LogP contribution in [0.1, 0.15) is 58.0 Å². The van der Waals surface area contributed by atoms with Gasteiger partial charge in [0.1, 0.15) is 23.3 Å². The third-order valence-corrected chi connectivity index (χ3v) is 11.7. The smallest absolute Gasteiger partial charge is 0.276 e. The summed E-state index contributed by atoms with van der Waals surface area (Å²) in [6.45, 7) is 10.7. The zero-order valence-corrected chi connectivity index (χ0v) is 31.8. The van der Waals surface area contributed by atoms with Gasteiger partial charge < -0.3 is 13.9 Å². The van der Waals surface area contributed by atoms with Gasteiger partial charge in [0.15, 0.2) is 5.82 Å². The maximum atomic E-state index is 15.2. The molecule has 5 heterocycles. The van der Waals surface area contributed by atoms with E-state index >= 15 is 4.79 Å². The molecule has 0 spiro atoms. The molecule has 10 nitrogen and oxygen atoms in total. The van der Waals surface area contributed by atoms with E-state index in [9.17, 15) is 0 Å². The molecule has 1 N–H and O–H groups in total. The summed E-state index contributed by atoms with van der Waals surface area (Å²) in [5.41, 5.74) is 10.6. The molecule has 3 aromatic carbocycles. The molecule has 1 unspecified atom stereocenters. The van der Waals surface area contributed by atoms with Crippen LogP contribution in [0.5, 0.6) is 5.75 Å². The number of amides is 1. The molecule has 12 heteroatoms. The summed E-state index contributed by atoms with van der Waals surface area (Å²) in [5.74, 6) is 1.30. The first-order valence-electron chi connectivity index (χ1n) is 17.4. The van der Waals surface area contributed by atoms with E-state index in [2.05, 4.69) is 51.8 Å². The lowest BCUT2D eigenvalue weighted by molar-refractivity contribution is 0.0951. The van der Waals surface area contributed by atoms with Gasteiger partial charge in [0.25, 0.3) is 5.91 Å². The number of benzene rings is 3. The molecule has 8 rings (SSSR count). The number of carbonyl (C=O) groups excluding carboxylic acids is 1. The summed E-state index contributed by atoms with van der Waals surface area (Å²) < 4.78 is 12.4. The number of rotatable bonds is 8. The Balaban J connectivity index is 1.27. The summed E-state index contributed by atoms with van der Waals surface area (Å²) in [5, 5.41) is 14.4. The molecule has 1 amide bonds. The molecule has 7 aromatic rings. The van der Waals surface area contributed by atoms with Gasteiger partial charge in [-0.3, -0.25) is 19.5 Å². The zero-order chi connectivity index (χ0) is 36.6. The van der Waals surface area contributed by atoms with Gasteiger partial charge in [-0.1, -0.05) is 41.4 Å². The van der Waals surface area contributed by atoms with E-state index in [0.29, 0.717) is 31.0 Å². The second-order valence-electron chi connectivity index (χ2n) is 13.9. The molecule has 0 saturated heterocycles. The van der Waals surface area contributed by atoms with Gasteiger partial charge in [-0.15, -0.1) is 0 Å². The second kappa shape index (κ2) is 12.9. The topological polar surface area (TPSA) is 98.8 Å². The molecule has 4 aromatic heterocycles. The molecule has 1 aliphatic heterocycles. The minimum Gasteiger partial charge on any atom is -0.494 e. The van der Waals surface area contributed by atoms with Crippen LogP contribution in [-0.4, -0.2) is 52.1 Å². The van der Waals surface area contributed by atoms with Crippen LogP contribution in [0.4, 0.5) is 5.69 Å². The molecule has 0 fully saturated rings. The fourth-order valence-electron chi connectivity index (χ4n) is 7.98. The van der Waals surface area contributed by atoms with Gasteiger partial charge in [0.05, 0.1) is 29.5 Å². The largest absolute Gasteiger partial charge is 0.494 e. The zero-order valence-electron chi connectivity index (χ0n) is 30.3. The quantitative estimate of drug-likeness (QED) is 0.0955. The number of nitrogens with one attached hydrogen (secondary N) is 1. The van der Waals surface area contributed by atoms with Crippen molar-refractivity contribution in [3.63, 3.8) is 0 Å². The minimum absolute atomic E-state index is 0.141. The van der Waals surface area contributed by atoms with Crippen molar-refractivity contribution in [3.05, 3.63) is 99.8 Å². The standard InChI is InChI=1S/C40H40Cl2N8O2/c1-21-16-27(17-22(2)35(21)41)52-15-9-12-29-28-10-8-11-30(34-23(3)46-48(7)24(34)4)36(28)49-25(5)38(42)50(40(51)37(29)49)33-19-47(6)32-14-13-26(18-31(32)33)39-43-20-44-45-39/h8,10-11,13-14,16-20,25,38H,9,12,15H2,1-7H3,(H,43,44,45)/t25?,38-/m0/s1. The average molecular weight is 736 g/mol. The van der Waals surface area contributed by atoms with Gasteiger partial charge in [-0.25, -0.2) is 4.98 Å². The predicted octanol–water partition coefficient (Wildman–Crippen LogP) is 9.00. The van der Waals surface area contributed by atoms with Crippen LogP contribution >= 0.6 is 23.2 Å². The number of halogens is 2. The number of hydrogen-bond donors (Lipinski definition) is 1. The fraction of sp³-hybridized carbons (Fsp3) is 0.300. The van der Waals surface area contributed by atoms with E-state index in [1.54, 1.807) is 4.90 Å². The van der Waals surface area contributed by atoms with Gasteiger partial charge in [0.2, 0.25) is 0 Å². The number of H-pyrrole nitrogens is 1. The second-order valence-corrected chi connectivity index (χ2v) is 14.7. The summed E-state index contributed by atoms with van der Waals surface area (Å²) in [7, 11) is 3.95. The van der Waals surface area contributed by atoms with Crippen molar-refractivity contribution < 1.29 is 9.53 Å². The van der Waals surface area contributed by atoms with E-state index in [-0.39, 0.29) is 11.9 Å². The Morgan fingerprint density at radius 1 is 1.00 bits per heavy atom. The molecule has 0 bridgehead atoms. The molecule has 0 aliphatic carbocycles. The van der Waals surface area contributed by atoms with E-state index in [1.807, 2.05) is 80.6 Å². The van der Waals surface area contributed by atoms with Crippen molar-refractivity contribution in [1.82, 2.24) is 34.1 Å². The first-order chi connectivity index (χ1) is 25.0. The van der Waals surface area contributed by atoms with Crippen LogP contribution in [-0.2, 0) is 20.5 Å². The third kappa shape index (κ3) is 5.30. The normalized spacial score (nSPS) is 16.0. The van der Waals surface area contributed by atoms with Gasteiger partial charge in [-0.2, -0.15) is 10.2 Å². The number of fused-ring (bicyclic) bond motifs is 4. The number of alkyl halides is 1. The van der Waals surface area contributed by atoms with Crippen LogP contribution in [0.2, 0.25) is 5.02 Å². The summed E-state index contributed by atoms with van der Waals surface area (Å²) >= 11 is 13.9. The lowest BCUT2D eigenvalue weighted by Crippen LogP contribution is -2.47. The van der Waals surface area contributed by atoms with Crippen molar-refractivity contribution >= 4 is 56.6 Å². The number of anilines is 1. The highest BCUT2D eigenvalue weighted by atomic mass is 35.5. The number of aromatic amines is 1. The Morgan fingerprint density at radius 3 is 2.46 bits per heavy atom. The Labute approximate surface area is 311 Å². The summed E-state index contributed by atoms with van der Waals surface area (Å²) in [4.78, 5) is 21.3. The Morgan fingerprint density at radius 2 is 1.77 bits per heavy atom. The lowest BCUT2D eigenvalue weighted by Gasteiger charge is -2.38. The number of ether oxygens (including phenoxy) is 1. The van der Waals surface area contributed by atoms with Crippen LogP contribution in [0.3, 0.4) is 0 Å². The molecule has 0 saturated carbocycles. The van der Waals surface area contributed by atoms with Gasteiger partial charge in [-0.05, 0) is 94.5 Å². The van der Waals surface area contributed by atoms with E-state index in [4.69, 9.17) is 33.0 Å². The van der Waals surface area contributed by atoms with Crippen molar-refractivity contribution in [1.29, 1.82) is 0 Å². The third-order valence-electron chi connectivity index (χ3n) is 10.5. The lowest BCUT2D eigenvalue weighted by atomic mass is 9.98. The number of carbonyl (C=O) groups is 1. The van der Waals surface area contributed by atoms with Crippen molar-refractivity contribution in [3.8, 4) is 28.3 Å². The first-order valence-corrected chi connectivity index (χ1v) is 18.3. The summed E-state index contributed by atoms with van der Waals surface area (Å²) in [6.07, 6.45) is 4.80. The van der Waals surface area contributed by atoms with Gasteiger partial charge >= 0.3 is 0 Å². The minimum atomic E-state index is -0.674. The molecule has 0 radical (unpaired) electrons. The highest BCUT2D eigenvalue weighted by Crippen LogP contribution is 2.46. The molecule has 266 valence electrons. The van der Waals surface area contributed by atoms with Crippen LogP contribution in [0.25, 0.3) is 44.3 Å². The number of hydrogen-bond acceptors (Lipinski definition) is 5. The van der Waals surface area contributed by atoms with Crippen molar-refractivity contribution in [2.75, 3.05) is 11.5 Å². The van der Waals surface area contributed by atoms with E-state index < -0.39 is 5.50 Å². The molecule has 52 heavy (non-hydrogen) atoms. The SMILES string of the molecule is Cc1cc(OCCCc2c3n(c4c(-c5c(C)nn(C)c5C)cccc24)C(C)[C@@H](Cl)N(c2cn(C)c4ccc(-c5ncn[nH]5)cc24)C3=O)cc(C)c1Cl. The average Bonchev–Trinajstić information content (AvgIpc) is 3.90. The molecule has 2 atom stereocenters. The van der Waals surface area contributed by atoms with Crippen molar-refractivity contribution in [2.45, 2.75) is 59.0 Å².